The van der Waals surface area contributed by atoms with Gasteiger partial charge in [-0.05, 0) is 32.6 Å². The zero-order valence-corrected chi connectivity index (χ0v) is 16.0. The van der Waals surface area contributed by atoms with E-state index in [0.717, 1.165) is 0 Å². The molecule has 0 saturated heterocycles. The number of hydrogen-bond donors (Lipinski definition) is 4. The zero-order valence-electron chi connectivity index (χ0n) is 15.3. The van der Waals surface area contributed by atoms with E-state index in [2.05, 4.69) is 0 Å². The summed E-state index contributed by atoms with van der Waals surface area (Å²) < 4.78 is 10.5. The first-order valence-electron chi connectivity index (χ1n) is 8.77. The Kier molecular flexibility index (Phi) is 7.49. The molecule has 4 atom stereocenters. The van der Waals surface area contributed by atoms with Crippen molar-refractivity contribution in [3.05, 3.63) is 28.3 Å². The van der Waals surface area contributed by atoms with Crippen LogP contribution in [-0.2, 0) is 4.74 Å². The van der Waals surface area contributed by atoms with Gasteiger partial charge in [0.15, 0.2) is 0 Å². The number of aliphatic hydroxyl groups is 3. The third-order valence-electron chi connectivity index (χ3n) is 4.54. The first-order chi connectivity index (χ1) is 12.8. The van der Waals surface area contributed by atoms with Gasteiger partial charge >= 0.3 is 5.97 Å². The number of esters is 1. The number of benzene rings is 1. The Morgan fingerprint density at radius 2 is 1.93 bits per heavy atom. The third-order valence-corrected chi connectivity index (χ3v) is 4.93. The number of cyclic esters (lactones) is 1. The van der Waals surface area contributed by atoms with Gasteiger partial charge in [0.05, 0.1) is 30.4 Å². The van der Waals surface area contributed by atoms with E-state index in [1.807, 2.05) is 0 Å². The van der Waals surface area contributed by atoms with E-state index in [-0.39, 0.29) is 40.5 Å². The quantitative estimate of drug-likeness (QED) is 0.534. The van der Waals surface area contributed by atoms with E-state index in [1.54, 1.807) is 6.92 Å². The minimum Gasteiger partial charge on any atom is -0.507 e. The fourth-order valence-electron chi connectivity index (χ4n) is 2.97. The van der Waals surface area contributed by atoms with Crippen LogP contribution in [0.3, 0.4) is 0 Å². The molecule has 0 unspecified atom stereocenters. The number of methoxy groups -OCH3 is 1. The fraction of sp³-hybridized carbons (Fsp3) is 0.526. The van der Waals surface area contributed by atoms with E-state index in [0.29, 0.717) is 12.8 Å². The zero-order chi connectivity index (χ0) is 20.1. The van der Waals surface area contributed by atoms with Gasteiger partial charge in [0.1, 0.15) is 23.2 Å². The normalized spacial score (nSPS) is 28.6. The second-order valence-electron chi connectivity index (χ2n) is 6.61. The molecule has 150 valence electrons. The van der Waals surface area contributed by atoms with E-state index in [1.165, 1.54) is 25.3 Å². The van der Waals surface area contributed by atoms with Crippen LogP contribution in [-0.4, -0.2) is 57.9 Å². The molecule has 0 aliphatic carbocycles. The second kappa shape index (κ2) is 9.41. The van der Waals surface area contributed by atoms with Crippen molar-refractivity contribution in [3.63, 3.8) is 0 Å². The molecule has 1 aliphatic rings. The molecule has 1 aliphatic heterocycles. The largest absolute Gasteiger partial charge is 0.507 e. The summed E-state index contributed by atoms with van der Waals surface area (Å²) in [5.74, 6) is -0.894. The van der Waals surface area contributed by atoms with Gasteiger partial charge in [-0.2, -0.15) is 0 Å². The van der Waals surface area contributed by atoms with Crippen molar-refractivity contribution in [2.75, 3.05) is 7.11 Å². The van der Waals surface area contributed by atoms with E-state index >= 15 is 0 Å². The Balaban J connectivity index is 2.48. The summed E-state index contributed by atoms with van der Waals surface area (Å²) in [6.07, 6.45) is 0.0811. The lowest BCUT2D eigenvalue weighted by Gasteiger charge is -2.23. The summed E-state index contributed by atoms with van der Waals surface area (Å²) >= 11 is 6.29. The summed E-state index contributed by atoms with van der Waals surface area (Å²) in [5.41, 5.74) is 0.0843. The highest BCUT2D eigenvalue weighted by molar-refractivity contribution is 6.34. The van der Waals surface area contributed by atoms with Gasteiger partial charge in [0.2, 0.25) is 0 Å². The molecular formula is C19H25ClO7. The van der Waals surface area contributed by atoms with Crippen molar-refractivity contribution < 1.29 is 34.7 Å². The van der Waals surface area contributed by atoms with Crippen molar-refractivity contribution >= 4 is 23.6 Å². The maximum Gasteiger partial charge on any atom is 0.342 e. The van der Waals surface area contributed by atoms with Crippen LogP contribution in [0.2, 0.25) is 5.02 Å². The average molecular weight is 401 g/mol. The Hall–Kier alpha value is -1.80. The molecule has 0 fully saturated rings. The third kappa shape index (κ3) is 5.13. The summed E-state index contributed by atoms with van der Waals surface area (Å²) in [7, 11) is 1.38. The predicted octanol–water partition coefficient (Wildman–Crippen LogP) is 2.27. The lowest BCUT2D eigenvalue weighted by molar-refractivity contribution is -0.0613. The minimum atomic E-state index is -1.30. The predicted molar refractivity (Wildman–Crippen MR) is 100 cm³/mol. The Labute approximate surface area is 162 Å². The Morgan fingerprint density at radius 1 is 1.22 bits per heavy atom. The van der Waals surface area contributed by atoms with Crippen LogP contribution in [0.5, 0.6) is 11.5 Å². The number of carbonyl (C=O) groups excluding carboxylic acids is 1. The van der Waals surface area contributed by atoms with Gasteiger partial charge in [-0.3, -0.25) is 0 Å². The maximum absolute atomic E-state index is 12.6. The Bertz CT molecular complexity index is 704. The number of ether oxygens (including phenoxy) is 2. The average Bonchev–Trinajstić information content (AvgIpc) is 2.62. The molecule has 1 aromatic carbocycles. The fourth-order valence-corrected chi connectivity index (χ4v) is 3.26. The maximum atomic E-state index is 12.6. The molecule has 7 nitrogen and oxygen atoms in total. The summed E-state index contributed by atoms with van der Waals surface area (Å²) in [5, 5.41) is 40.5. The van der Waals surface area contributed by atoms with Crippen molar-refractivity contribution in [1.82, 2.24) is 0 Å². The van der Waals surface area contributed by atoms with Crippen LogP contribution in [0.1, 0.15) is 48.5 Å². The molecular weight excluding hydrogens is 376 g/mol. The molecule has 0 spiro atoms. The van der Waals surface area contributed by atoms with E-state index < -0.39 is 30.4 Å². The number of hydrogen-bond acceptors (Lipinski definition) is 7. The molecule has 1 heterocycles. The molecule has 0 saturated carbocycles. The van der Waals surface area contributed by atoms with Gasteiger partial charge in [-0.1, -0.05) is 23.8 Å². The lowest BCUT2D eigenvalue weighted by Crippen LogP contribution is -2.37. The number of phenols is 1. The van der Waals surface area contributed by atoms with Gasteiger partial charge in [0.25, 0.3) is 0 Å². The van der Waals surface area contributed by atoms with Crippen molar-refractivity contribution in [1.29, 1.82) is 0 Å². The second-order valence-corrected chi connectivity index (χ2v) is 6.99. The number of aromatic hydroxyl groups is 1. The summed E-state index contributed by atoms with van der Waals surface area (Å²) in [6, 6.07) is 1.24. The van der Waals surface area contributed by atoms with Crippen molar-refractivity contribution in [2.45, 2.75) is 57.0 Å². The van der Waals surface area contributed by atoms with E-state index in [4.69, 9.17) is 21.1 Å². The monoisotopic (exact) mass is 400 g/mol. The van der Waals surface area contributed by atoms with Crippen molar-refractivity contribution in [2.24, 2.45) is 0 Å². The SMILES string of the molecule is COc1cc(O)c2c(c1Cl)/C=C/C[C@H](O)[C@@H](O)[C@H](O)CCC[C@H](C)OC2=O. The van der Waals surface area contributed by atoms with Gasteiger partial charge in [-0.15, -0.1) is 0 Å². The first kappa shape index (κ1) is 21.5. The molecule has 0 amide bonds. The van der Waals surface area contributed by atoms with Gasteiger partial charge in [0, 0.05) is 11.6 Å². The highest BCUT2D eigenvalue weighted by atomic mass is 35.5. The Morgan fingerprint density at radius 3 is 2.59 bits per heavy atom. The highest BCUT2D eigenvalue weighted by Gasteiger charge is 2.27. The number of aliphatic hydroxyl groups excluding tert-OH is 3. The first-order valence-corrected chi connectivity index (χ1v) is 9.15. The van der Waals surface area contributed by atoms with Gasteiger partial charge < -0.3 is 29.9 Å². The molecule has 4 N–H and O–H groups in total. The van der Waals surface area contributed by atoms with Crippen LogP contribution in [0.4, 0.5) is 0 Å². The lowest BCUT2D eigenvalue weighted by atomic mass is 9.98. The number of halogens is 1. The molecule has 8 heteroatoms. The van der Waals surface area contributed by atoms with Gasteiger partial charge in [-0.25, -0.2) is 4.79 Å². The number of phenolic OH excluding ortho intramolecular Hbond substituents is 1. The minimum absolute atomic E-state index is 0.0113. The molecule has 0 aromatic heterocycles. The molecule has 27 heavy (non-hydrogen) atoms. The molecule has 1 aromatic rings. The number of fused-ring (bicyclic) bond motifs is 1. The summed E-state index contributed by atoms with van der Waals surface area (Å²) in [4.78, 5) is 12.6. The van der Waals surface area contributed by atoms with E-state index in [9.17, 15) is 25.2 Å². The van der Waals surface area contributed by atoms with Crippen LogP contribution in [0, 0.1) is 0 Å². The van der Waals surface area contributed by atoms with Crippen molar-refractivity contribution in [3.8, 4) is 11.5 Å². The van der Waals surface area contributed by atoms with Crippen LogP contribution in [0.15, 0.2) is 12.1 Å². The molecule has 0 radical (unpaired) electrons. The summed E-state index contributed by atoms with van der Waals surface area (Å²) in [6.45, 7) is 1.69. The number of rotatable bonds is 1. The molecule has 0 bridgehead atoms. The topological polar surface area (TPSA) is 116 Å². The van der Waals surface area contributed by atoms with Crippen LogP contribution >= 0.6 is 11.6 Å². The highest BCUT2D eigenvalue weighted by Crippen LogP contribution is 2.38. The molecule has 2 rings (SSSR count). The smallest absolute Gasteiger partial charge is 0.342 e. The number of carbonyl (C=O) groups is 1. The van der Waals surface area contributed by atoms with Crippen LogP contribution < -0.4 is 4.74 Å². The standard InChI is InChI=1S/C19H25ClO7/c1-10-5-3-7-12(21)18(24)13(22)8-4-6-11-16(19(25)27-10)14(23)9-15(26-2)17(11)20/h4,6,9-10,12-13,18,21-24H,3,5,7-8H2,1-2H3/b6-4+/t10-,12+,13-,18-/m0/s1. The van der Waals surface area contributed by atoms with Crippen LogP contribution in [0.25, 0.3) is 6.08 Å².